The van der Waals surface area contributed by atoms with Crippen LogP contribution in [0, 0.1) is 0 Å². The number of amides is 1. The summed E-state index contributed by atoms with van der Waals surface area (Å²) in [6.45, 7) is 13.1. The van der Waals surface area contributed by atoms with Gasteiger partial charge in [0.25, 0.3) is 0 Å². The second kappa shape index (κ2) is 11.3. The lowest BCUT2D eigenvalue weighted by molar-refractivity contribution is -0.131. The lowest BCUT2D eigenvalue weighted by Crippen LogP contribution is -2.47. The molecular formula is C28H38N2O2. The fourth-order valence-corrected chi connectivity index (χ4v) is 4.74. The number of nitrogens with one attached hydrogen (secondary N) is 1. The molecule has 4 heteroatoms. The van der Waals surface area contributed by atoms with Gasteiger partial charge in [0, 0.05) is 25.6 Å². The Kier molecular flexibility index (Phi) is 8.52. The molecule has 0 bridgehead atoms. The monoisotopic (exact) mass is 434 g/mol. The third kappa shape index (κ3) is 6.01. The standard InChI is InChI=1S/C28H38N2O2/c1-5-23-12-10-11-15-25(23)28(4)16-18-30(19-17-28)27(31)21-29-26(20-22(3)32-6-2)24-13-8-7-9-14-24/h7-15,26,29H,3,5-6,16-21H2,1-2,4H3. The lowest BCUT2D eigenvalue weighted by Gasteiger charge is -2.41. The molecule has 1 heterocycles. The molecule has 32 heavy (non-hydrogen) atoms. The number of aryl methyl sites for hydroxylation is 1. The first-order chi connectivity index (χ1) is 15.5. The number of ether oxygens (including phenoxy) is 1. The van der Waals surface area contributed by atoms with Crippen molar-refractivity contribution in [3.63, 3.8) is 0 Å². The molecule has 2 aromatic carbocycles. The van der Waals surface area contributed by atoms with E-state index in [9.17, 15) is 4.79 Å². The van der Waals surface area contributed by atoms with Gasteiger partial charge in [-0.05, 0) is 48.3 Å². The minimum Gasteiger partial charge on any atom is -0.499 e. The van der Waals surface area contributed by atoms with Gasteiger partial charge < -0.3 is 15.0 Å². The summed E-state index contributed by atoms with van der Waals surface area (Å²) < 4.78 is 5.57. The van der Waals surface area contributed by atoms with Crippen LogP contribution in [0.15, 0.2) is 66.9 Å². The summed E-state index contributed by atoms with van der Waals surface area (Å²) in [6.07, 6.45) is 3.70. The highest BCUT2D eigenvalue weighted by molar-refractivity contribution is 5.78. The van der Waals surface area contributed by atoms with Gasteiger partial charge in [-0.25, -0.2) is 0 Å². The van der Waals surface area contributed by atoms with E-state index in [1.54, 1.807) is 0 Å². The molecule has 1 aliphatic rings. The van der Waals surface area contributed by atoms with E-state index >= 15 is 0 Å². The zero-order valence-corrected chi connectivity index (χ0v) is 19.9. The summed E-state index contributed by atoms with van der Waals surface area (Å²) in [5, 5.41) is 3.46. The van der Waals surface area contributed by atoms with Gasteiger partial charge in [0.1, 0.15) is 0 Å². The molecule has 0 aliphatic carbocycles. The lowest BCUT2D eigenvalue weighted by atomic mass is 9.72. The Bertz CT molecular complexity index is 885. The average molecular weight is 435 g/mol. The molecule has 0 spiro atoms. The summed E-state index contributed by atoms with van der Waals surface area (Å²) in [7, 11) is 0. The van der Waals surface area contributed by atoms with Gasteiger partial charge in [0.15, 0.2) is 0 Å². The zero-order chi connectivity index (χ0) is 23.0. The van der Waals surface area contributed by atoms with E-state index in [4.69, 9.17) is 4.74 Å². The van der Waals surface area contributed by atoms with Crippen molar-refractivity contribution >= 4 is 5.91 Å². The van der Waals surface area contributed by atoms with Gasteiger partial charge in [0.05, 0.1) is 18.9 Å². The first-order valence-corrected chi connectivity index (χ1v) is 11.9. The number of benzene rings is 2. The van der Waals surface area contributed by atoms with E-state index in [1.165, 1.54) is 11.1 Å². The Morgan fingerprint density at radius 2 is 1.75 bits per heavy atom. The van der Waals surface area contributed by atoms with Gasteiger partial charge in [-0.2, -0.15) is 0 Å². The Morgan fingerprint density at radius 3 is 2.41 bits per heavy atom. The van der Waals surface area contributed by atoms with Crippen LogP contribution in [-0.4, -0.2) is 37.0 Å². The number of hydrogen-bond acceptors (Lipinski definition) is 3. The molecule has 1 atom stereocenters. The SMILES string of the molecule is C=C(CC(NCC(=O)N1CCC(C)(c2ccccc2CC)CC1)c1ccccc1)OCC. The van der Waals surface area contributed by atoms with Gasteiger partial charge in [-0.3, -0.25) is 4.79 Å². The van der Waals surface area contributed by atoms with Crippen LogP contribution in [0.25, 0.3) is 0 Å². The van der Waals surface area contributed by atoms with Crippen molar-refractivity contribution in [1.29, 1.82) is 0 Å². The van der Waals surface area contributed by atoms with Crippen molar-refractivity contribution in [3.05, 3.63) is 83.6 Å². The van der Waals surface area contributed by atoms with Gasteiger partial charge in [-0.1, -0.05) is 75.0 Å². The Hall–Kier alpha value is -2.59. The van der Waals surface area contributed by atoms with Crippen LogP contribution in [0.4, 0.5) is 0 Å². The van der Waals surface area contributed by atoms with Crippen LogP contribution in [0.3, 0.4) is 0 Å². The topological polar surface area (TPSA) is 41.6 Å². The van der Waals surface area contributed by atoms with E-state index in [1.807, 2.05) is 30.0 Å². The quantitative estimate of drug-likeness (QED) is 0.509. The number of nitrogens with zero attached hydrogens (tertiary/aromatic N) is 1. The van der Waals surface area contributed by atoms with Gasteiger partial charge in [0.2, 0.25) is 5.91 Å². The number of carbonyl (C=O) groups excluding carboxylic acids is 1. The maximum atomic E-state index is 13.0. The predicted octanol–water partition coefficient (Wildman–Crippen LogP) is 5.40. The second-order valence-corrected chi connectivity index (χ2v) is 8.97. The Labute approximate surface area is 193 Å². The summed E-state index contributed by atoms with van der Waals surface area (Å²) in [5.74, 6) is 0.906. The third-order valence-electron chi connectivity index (χ3n) is 6.75. The van der Waals surface area contributed by atoms with E-state index in [0.29, 0.717) is 19.6 Å². The fourth-order valence-electron chi connectivity index (χ4n) is 4.74. The molecule has 2 aromatic rings. The average Bonchev–Trinajstić information content (AvgIpc) is 2.82. The predicted molar refractivity (Wildman–Crippen MR) is 132 cm³/mol. The van der Waals surface area contributed by atoms with Crippen LogP contribution in [0.1, 0.15) is 62.8 Å². The highest BCUT2D eigenvalue weighted by atomic mass is 16.5. The fraction of sp³-hybridized carbons (Fsp3) is 0.464. The van der Waals surface area contributed by atoms with Crippen molar-refractivity contribution in [2.75, 3.05) is 26.2 Å². The third-order valence-corrected chi connectivity index (χ3v) is 6.75. The van der Waals surface area contributed by atoms with Crippen molar-refractivity contribution < 1.29 is 9.53 Å². The molecule has 1 fully saturated rings. The van der Waals surface area contributed by atoms with Crippen LogP contribution >= 0.6 is 0 Å². The van der Waals surface area contributed by atoms with Crippen LogP contribution in [-0.2, 0) is 21.4 Å². The Balaban J connectivity index is 1.59. The van der Waals surface area contributed by atoms with Crippen molar-refractivity contribution in [3.8, 4) is 0 Å². The maximum Gasteiger partial charge on any atom is 0.236 e. The molecule has 3 rings (SSSR count). The van der Waals surface area contributed by atoms with Crippen molar-refractivity contribution in [1.82, 2.24) is 10.2 Å². The van der Waals surface area contributed by atoms with E-state index in [-0.39, 0.29) is 17.4 Å². The maximum absolute atomic E-state index is 13.0. The number of hydrogen-bond donors (Lipinski definition) is 1. The summed E-state index contributed by atoms with van der Waals surface area (Å²) >= 11 is 0. The summed E-state index contributed by atoms with van der Waals surface area (Å²) in [5.41, 5.74) is 4.16. The van der Waals surface area contributed by atoms with Crippen LogP contribution in [0.2, 0.25) is 0 Å². The highest BCUT2D eigenvalue weighted by Crippen LogP contribution is 2.37. The van der Waals surface area contributed by atoms with Crippen molar-refractivity contribution in [2.24, 2.45) is 0 Å². The zero-order valence-electron chi connectivity index (χ0n) is 19.9. The number of carbonyl (C=O) groups is 1. The van der Waals surface area contributed by atoms with Crippen molar-refractivity contribution in [2.45, 2.75) is 57.9 Å². The number of piperidine rings is 1. The molecule has 0 radical (unpaired) electrons. The molecule has 1 saturated heterocycles. The molecule has 1 unspecified atom stereocenters. The molecular weight excluding hydrogens is 396 g/mol. The van der Waals surface area contributed by atoms with E-state index in [0.717, 1.165) is 43.7 Å². The normalized spacial score (nSPS) is 16.4. The molecule has 0 aromatic heterocycles. The number of rotatable bonds is 10. The smallest absolute Gasteiger partial charge is 0.236 e. The molecule has 1 aliphatic heterocycles. The second-order valence-electron chi connectivity index (χ2n) is 8.97. The largest absolute Gasteiger partial charge is 0.499 e. The highest BCUT2D eigenvalue weighted by Gasteiger charge is 2.34. The minimum absolute atomic E-state index is 0.00527. The van der Waals surface area contributed by atoms with E-state index in [2.05, 4.69) is 62.1 Å². The molecule has 1 N–H and O–H groups in total. The Morgan fingerprint density at radius 1 is 1.09 bits per heavy atom. The first kappa shape index (κ1) is 24.1. The van der Waals surface area contributed by atoms with Crippen LogP contribution in [0.5, 0.6) is 0 Å². The first-order valence-electron chi connectivity index (χ1n) is 11.9. The van der Waals surface area contributed by atoms with Gasteiger partial charge >= 0.3 is 0 Å². The molecule has 0 saturated carbocycles. The molecule has 172 valence electrons. The van der Waals surface area contributed by atoms with Crippen LogP contribution < -0.4 is 5.32 Å². The number of likely N-dealkylation sites (tertiary alicyclic amines) is 1. The summed E-state index contributed by atoms with van der Waals surface area (Å²) in [4.78, 5) is 15.0. The molecule has 4 nitrogen and oxygen atoms in total. The van der Waals surface area contributed by atoms with Gasteiger partial charge in [-0.15, -0.1) is 0 Å². The molecule has 1 amide bonds. The van der Waals surface area contributed by atoms with E-state index < -0.39 is 0 Å². The minimum atomic E-state index is 0.00527. The summed E-state index contributed by atoms with van der Waals surface area (Å²) in [6, 6.07) is 19.0.